The van der Waals surface area contributed by atoms with Crippen LogP contribution >= 0.6 is 7.60 Å². The van der Waals surface area contributed by atoms with Crippen LogP contribution < -0.4 is 10.6 Å². The van der Waals surface area contributed by atoms with E-state index in [2.05, 4.69) is 10.6 Å². The number of carboxylic acid groups (broad SMARTS) is 1. The maximum atomic E-state index is 13.3. The van der Waals surface area contributed by atoms with Gasteiger partial charge in [0.05, 0.1) is 43.7 Å². The molecule has 7 N–H and O–H groups in total. The summed E-state index contributed by atoms with van der Waals surface area (Å²) in [7, 11) is -4.41. The highest BCUT2D eigenvalue weighted by Crippen LogP contribution is 2.56. The third-order valence-electron chi connectivity index (χ3n) is 9.33. The van der Waals surface area contributed by atoms with Crippen molar-refractivity contribution in [2.24, 2.45) is 29.6 Å². The van der Waals surface area contributed by atoms with Crippen molar-refractivity contribution >= 4 is 25.4 Å². The first kappa shape index (κ1) is 30.4. The van der Waals surface area contributed by atoms with Crippen LogP contribution in [0.3, 0.4) is 0 Å². The van der Waals surface area contributed by atoms with Crippen LogP contribution in [0.15, 0.2) is 0 Å². The molecular formula is C25H42N3O10P. The lowest BCUT2D eigenvalue weighted by atomic mass is 9.51. The minimum absolute atomic E-state index is 0.0611. The molecule has 0 aromatic rings. The van der Waals surface area contributed by atoms with E-state index in [1.165, 1.54) is 25.2 Å². The zero-order valence-electron chi connectivity index (χ0n) is 22.4. The molecule has 5 fully saturated rings. The zero-order chi connectivity index (χ0) is 28.7. The maximum Gasteiger partial charge on any atom is 0.331 e. The van der Waals surface area contributed by atoms with Gasteiger partial charge in [-0.3, -0.25) is 19.1 Å². The number of likely N-dealkylation sites (tertiary alicyclic amines) is 1. The molecular weight excluding hydrogens is 533 g/mol. The van der Waals surface area contributed by atoms with E-state index in [9.17, 15) is 44.3 Å². The Balaban J connectivity index is 1.36. The molecule has 2 unspecified atom stereocenters. The van der Waals surface area contributed by atoms with Crippen LogP contribution in [0.1, 0.15) is 46.0 Å². The van der Waals surface area contributed by atoms with Crippen LogP contribution in [0.5, 0.6) is 0 Å². The van der Waals surface area contributed by atoms with E-state index >= 15 is 0 Å². The molecule has 5 rings (SSSR count). The molecule has 4 bridgehead atoms. The van der Waals surface area contributed by atoms with E-state index in [1.54, 1.807) is 0 Å². The Kier molecular flexibility index (Phi) is 9.12. The second-order valence-corrected chi connectivity index (χ2v) is 14.2. The molecule has 222 valence electrons. The highest BCUT2D eigenvalue weighted by atomic mass is 31.2. The molecule has 6 atom stereocenters. The predicted molar refractivity (Wildman–Crippen MR) is 137 cm³/mol. The largest absolute Gasteiger partial charge is 0.479 e. The maximum absolute atomic E-state index is 13.3. The van der Waals surface area contributed by atoms with E-state index in [1.807, 2.05) is 0 Å². The number of nitrogens with zero attached hydrogens (tertiary/aromatic N) is 1. The van der Waals surface area contributed by atoms with E-state index in [0.29, 0.717) is 11.8 Å². The lowest BCUT2D eigenvalue weighted by Gasteiger charge is -2.54. The smallest absolute Gasteiger partial charge is 0.331 e. The highest BCUT2D eigenvalue weighted by molar-refractivity contribution is 7.52. The molecule has 39 heavy (non-hydrogen) atoms. The highest BCUT2D eigenvalue weighted by Gasteiger charge is 2.52. The number of aliphatic hydroxyl groups excluding tert-OH is 3. The van der Waals surface area contributed by atoms with Crippen molar-refractivity contribution in [3.05, 3.63) is 0 Å². The van der Waals surface area contributed by atoms with Crippen LogP contribution in [0.25, 0.3) is 0 Å². The summed E-state index contributed by atoms with van der Waals surface area (Å²) in [6, 6.07) is -1.77. The Bertz CT molecular complexity index is 969. The van der Waals surface area contributed by atoms with Crippen molar-refractivity contribution in [1.82, 2.24) is 15.5 Å². The third-order valence-corrected chi connectivity index (χ3v) is 10.6. The number of aliphatic hydroxyl groups is 3. The fourth-order valence-electron chi connectivity index (χ4n) is 7.52. The summed E-state index contributed by atoms with van der Waals surface area (Å²) < 4.78 is 18.1. The number of rotatable bonds is 12. The van der Waals surface area contributed by atoms with Crippen molar-refractivity contribution in [1.29, 1.82) is 0 Å². The SMILES string of the molecule is CC(=O)NC[C@@H]1[C@@H](O)[C@H](O)[C@@H](CO)N1CCP(=O)(O)OCC(C)(NC(=O)C1C2CC3CC(C2)CC1C3)C(=O)O. The number of amides is 2. The van der Waals surface area contributed by atoms with Crippen LogP contribution in [-0.4, -0.2) is 110 Å². The van der Waals surface area contributed by atoms with Gasteiger partial charge in [0.1, 0.15) is 0 Å². The van der Waals surface area contributed by atoms with Gasteiger partial charge >= 0.3 is 13.6 Å². The number of aliphatic carboxylic acids is 1. The van der Waals surface area contributed by atoms with Gasteiger partial charge in [0.2, 0.25) is 11.8 Å². The Morgan fingerprint density at radius 2 is 1.59 bits per heavy atom. The second-order valence-electron chi connectivity index (χ2n) is 12.2. The zero-order valence-corrected chi connectivity index (χ0v) is 23.3. The molecule has 0 radical (unpaired) electrons. The summed E-state index contributed by atoms with van der Waals surface area (Å²) in [6.45, 7) is 0.998. The molecule has 4 saturated carbocycles. The topological polar surface area (TPSA) is 206 Å². The van der Waals surface area contributed by atoms with Gasteiger partial charge < -0.3 is 40.5 Å². The average Bonchev–Trinajstić information content (AvgIpc) is 3.08. The third kappa shape index (κ3) is 6.50. The molecule has 0 aromatic heterocycles. The Morgan fingerprint density at radius 3 is 2.10 bits per heavy atom. The minimum atomic E-state index is -4.41. The molecule has 5 aliphatic rings. The van der Waals surface area contributed by atoms with Gasteiger partial charge in [0.15, 0.2) is 5.54 Å². The number of nitrogens with one attached hydrogen (secondary N) is 2. The van der Waals surface area contributed by atoms with E-state index in [4.69, 9.17) is 4.52 Å². The van der Waals surface area contributed by atoms with Crippen molar-refractivity contribution in [2.75, 3.05) is 32.5 Å². The van der Waals surface area contributed by atoms with Gasteiger partial charge in [-0.15, -0.1) is 0 Å². The van der Waals surface area contributed by atoms with E-state index in [0.717, 1.165) is 25.7 Å². The van der Waals surface area contributed by atoms with Crippen molar-refractivity contribution in [3.8, 4) is 0 Å². The number of carboxylic acids is 1. The molecule has 4 aliphatic carbocycles. The number of hydrogen-bond acceptors (Lipinski definition) is 9. The van der Waals surface area contributed by atoms with Gasteiger partial charge in [-0.05, 0) is 62.7 Å². The lowest BCUT2D eigenvalue weighted by molar-refractivity contribution is -0.152. The summed E-state index contributed by atoms with van der Waals surface area (Å²) in [5, 5.41) is 45.4. The standard InChI is InChI=1S/C25H42N3O10P/c1-13(30)26-10-18-21(31)22(32)19(11-29)28(18)3-4-39(36,37)38-12-25(2,24(34)35)27-23(33)20-16-6-14-5-15(8-16)9-17(20)7-14/h14-22,29,31-32H,3-12H2,1-2H3,(H,26,30)(H,27,33)(H,34,35)(H,36,37)/t14?,15?,16?,17?,18-,19-,20?,21-,22-,25?/m1/s1. The lowest BCUT2D eigenvalue weighted by Crippen LogP contribution is -2.60. The summed E-state index contributed by atoms with van der Waals surface area (Å²) in [5.74, 6) is -0.608. The molecule has 1 saturated heterocycles. The monoisotopic (exact) mass is 575 g/mol. The molecule has 2 amide bonds. The van der Waals surface area contributed by atoms with Crippen LogP contribution in [0.4, 0.5) is 0 Å². The normalized spacial score (nSPS) is 38.7. The van der Waals surface area contributed by atoms with Gasteiger partial charge in [0, 0.05) is 25.9 Å². The van der Waals surface area contributed by atoms with Crippen molar-refractivity contribution < 1.29 is 48.8 Å². The van der Waals surface area contributed by atoms with Gasteiger partial charge in [0.25, 0.3) is 0 Å². The molecule has 1 aliphatic heterocycles. The first-order valence-corrected chi connectivity index (χ1v) is 15.5. The molecule has 0 aromatic carbocycles. The quantitative estimate of drug-likeness (QED) is 0.142. The van der Waals surface area contributed by atoms with Gasteiger partial charge in [-0.1, -0.05) is 0 Å². The predicted octanol–water partition coefficient (Wildman–Crippen LogP) is -0.877. The van der Waals surface area contributed by atoms with E-state index < -0.39 is 62.8 Å². The fourth-order valence-corrected chi connectivity index (χ4v) is 8.59. The molecule has 1 heterocycles. The van der Waals surface area contributed by atoms with Crippen LogP contribution in [0.2, 0.25) is 0 Å². The Labute approximate surface area is 227 Å². The van der Waals surface area contributed by atoms with Crippen LogP contribution in [-0.2, 0) is 23.5 Å². The number of hydrogen-bond donors (Lipinski definition) is 7. The fraction of sp³-hybridized carbons (Fsp3) is 0.880. The Morgan fingerprint density at radius 1 is 1.03 bits per heavy atom. The second kappa shape index (κ2) is 11.7. The Hall–Kier alpha value is -1.60. The first-order valence-electron chi connectivity index (χ1n) is 13.7. The summed E-state index contributed by atoms with van der Waals surface area (Å²) in [5.41, 5.74) is -1.92. The van der Waals surface area contributed by atoms with Gasteiger partial charge in [-0.25, -0.2) is 4.79 Å². The molecule has 0 spiro atoms. The van der Waals surface area contributed by atoms with Crippen LogP contribution in [0, 0.1) is 29.6 Å². The summed E-state index contributed by atoms with van der Waals surface area (Å²) in [4.78, 5) is 48.7. The summed E-state index contributed by atoms with van der Waals surface area (Å²) >= 11 is 0. The summed E-state index contributed by atoms with van der Waals surface area (Å²) in [6.07, 6.45) is 1.98. The first-order chi connectivity index (χ1) is 18.2. The molecule has 14 heteroatoms. The average molecular weight is 576 g/mol. The van der Waals surface area contributed by atoms with Crippen molar-refractivity contribution in [3.63, 3.8) is 0 Å². The van der Waals surface area contributed by atoms with Crippen molar-refractivity contribution in [2.45, 2.75) is 75.8 Å². The number of carbonyl (C=O) groups is 3. The van der Waals surface area contributed by atoms with E-state index in [-0.39, 0.29) is 42.7 Å². The number of carbonyl (C=O) groups excluding carboxylic acids is 2. The van der Waals surface area contributed by atoms with Gasteiger partial charge in [-0.2, -0.15) is 0 Å². The minimum Gasteiger partial charge on any atom is -0.479 e. The molecule has 13 nitrogen and oxygen atoms in total.